The first-order valence-electron chi connectivity index (χ1n) is 11.2. The maximum Gasteiger partial charge on any atom is 0.224 e. The summed E-state index contributed by atoms with van der Waals surface area (Å²) in [7, 11) is 0. The van der Waals surface area contributed by atoms with Crippen LogP contribution in [-0.2, 0) is 0 Å². The topological polar surface area (TPSA) is 93.7 Å². The van der Waals surface area contributed by atoms with E-state index < -0.39 is 0 Å². The lowest BCUT2D eigenvalue weighted by atomic mass is 9.88. The van der Waals surface area contributed by atoms with Crippen molar-refractivity contribution in [2.24, 2.45) is 0 Å². The lowest BCUT2D eigenvalue weighted by Crippen LogP contribution is -2.13. The predicted octanol–water partition coefficient (Wildman–Crippen LogP) is 5.40. The summed E-state index contributed by atoms with van der Waals surface area (Å²) in [5.41, 5.74) is 3.65. The van der Waals surface area contributed by atoms with Crippen LogP contribution in [0.3, 0.4) is 0 Å². The van der Waals surface area contributed by atoms with Crippen LogP contribution in [-0.4, -0.2) is 26.4 Å². The third-order valence-corrected chi connectivity index (χ3v) is 6.45. The normalized spacial score (nSPS) is 13.3. The molecule has 2 heterocycles. The molecule has 4 N–H and O–H groups in total. The third-order valence-electron chi connectivity index (χ3n) is 5.87. The number of nitrogen functional groups attached to an aromatic ring is 1. The lowest BCUT2D eigenvalue weighted by molar-refractivity contribution is 0.741. The predicted molar refractivity (Wildman–Crippen MR) is 135 cm³/mol. The summed E-state index contributed by atoms with van der Waals surface area (Å²) >= 11 is 3.53. The minimum atomic E-state index is 0.294. The van der Waals surface area contributed by atoms with Gasteiger partial charge in [0.05, 0.1) is 10.2 Å². The van der Waals surface area contributed by atoms with Crippen molar-refractivity contribution in [3.05, 3.63) is 94.2 Å². The summed E-state index contributed by atoms with van der Waals surface area (Å²) in [5.74, 6) is 8.71. The molecule has 2 aromatic carbocycles. The van der Waals surface area contributed by atoms with Crippen LogP contribution in [0.15, 0.2) is 77.4 Å². The van der Waals surface area contributed by atoms with Gasteiger partial charge in [0.15, 0.2) is 11.6 Å². The first-order chi connectivity index (χ1) is 16.2. The Hall–Kier alpha value is -3.39. The van der Waals surface area contributed by atoms with Gasteiger partial charge in [-0.15, -0.1) is 5.10 Å². The molecule has 4 aromatic rings. The second-order valence-corrected chi connectivity index (χ2v) is 9.13. The highest BCUT2D eigenvalue weighted by Crippen LogP contribution is 2.40. The fourth-order valence-electron chi connectivity index (χ4n) is 4.04. The maximum absolute atomic E-state index is 6.00. The van der Waals surface area contributed by atoms with Crippen LogP contribution >= 0.6 is 15.9 Å². The molecular formula is C25H26BrN7. The lowest BCUT2D eigenvalue weighted by Gasteiger charge is -2.18. The minimum absolute atomic E-state index is 0.294. The zero-order chi connectivity index (χ0) is 22.6. The molecule has 0 amide bonds. The van der Waals surface area contributed by atoms with Crippen LogP contribution in [0.1, 0.15) is 47.9 Å². The van der Waals surface area contributed by atoms with Crippen LogP contribution < -0.4 is 16.5 Å². The molecule has 0 spiro atoms. The standard InChI is InChI=1S/C25H26BrN7/c26-21-16-29-25(31-24(21)30-23-15-22(19-11-12-19)33(27)32-23)28-14-13-20(17-7-3-1-4-8-17)18-9-5-2-6-10-18/h1-10,15-16,19-20H,11-14,27H2,(H2,28,29,30,31,32). The Kier molecular flexibility index (Phi) is 6.26. The van der Waals surface area contributed by atoms with E-state index in [1.807, 2.05) is 6.07 Å². The molecule has 8 heteroatoms. The number of halogens is 1. The summed E-state index contributed by atoms with van der Waals surface area (Å²) in [5, 5.41) is 11.0. The van der Waals surface area contributed by atoms with Gasteiger partial charge < -0.3 is 16.5 Å². The molecule has 0 saturated heterocycles. The van der Waals surface area contributed by atoms with Gasteiger partial charge >= 0.3 is 0 Å². The molecule has 1 fully saturated rings. The van der Waals surface area contributed by atoms with Gasteiger partial charge in [0.2, 0.25) is 5.95 Å². The van der Waals surface area contributed by atoms with E-state index >= 15 is 0 Å². The highest BCUT2D eigenvalue weighted by atomic mass is 79.9. The largest absolute Gasteiger partial charge is 0.354 e. The van der Waals surface area contributed by atoms with Crippen molar-refractivity contribution >= 4 is 33.5 Å². The molecule has 2 aromatic heterocycles. The first kappa shape index (κ1) is 21.5. The fraction of sp³-hybridized carbons (Fsp3) is 0.240. The SMILES string of the molecule is Nn1nc(Nc2nc(NCCC(c3ccccc3)c3ccccc3)ncc2Br)cc1C1CC1. The van der Waals surface area contributed by atoms with E-state index in [9.17, 15) is 0 Å². The Morgan fingerprint density at radius 2 is 1.70 bits per heavy atom. The number of nitrogens with one attached hydrogen (secondary N) is 2. The van der Waals surface area contributed by atoms with Crippen molar-refractivity contribution < 1.29 is 0 Å². The summed E-state index contributed by atoms with van der Waals surface area (Å²) < 4.78 is 0.763. The highest BCUT2D eigenvalue weighted by Gasteiger charge is 2.28. The average molecular weight is 504 g/mol. The van der Waals surface area contributed by atoms with Crippen LogP contribution in [0.25, 0.3) is 0 Å². The number of rotatable bonds is 9. The summed E-state index contributed by atoms with van der Waals surface area (Å²) in [6, 6.07) is 23.2. The second-order valence-electron chi connectivity index (χ2n) is 8.28. The quantitative estimate of drug-likeness (QED) is 0.264. The van der Waals surface area contributed by atoms with Gasteiger partial charge in [-0.3, -0.25) is 0 Å². The van der Waals surface area contributed by atoms with E-state index in [-0.39, 0.29) is 0 Å². The number of anilines is 3. The van der Waals surface area contributed by atoms with Gasteiger partial charge in [-0.2, -0.15) is 9.77 Å². The Balaban J connectivity index is 1.27. The first-order valence-corrected chi connectivity index (χ1v) is 11.9. The minimum Gasteiger partial charge on any atom is -0.354 e. The van der Waals surface area contributed by atoms with Crippen LogP contribution in [0.4, 0.5) is 17.6 Å². The number of nitrogens with two attached hydrogens (primary N) is 1. The molecule has 0 bridgehead atoms. The maximum atomic E-state index is 6.00. The van der Waals surface area contributed by atoms with Gasteiger partial charge in [-0.05, 0) is 46.3 Å². The summed E-state index contributed by atoms with van der Waals surface area (Å²) in [6.45, 7) is 0.735. The molecule has 0 unspecified atom stereocenters. The molecule has 0 radical (unpaired) electrons. The number of benzene rings is 2. The van der Waals surface area contributed by atoms with Gasteiger partial charge in [-0.25, -0.2) is 4.98 Å². The van der Waals surface area contributed by atoms with Crippen LogP contribution in [0.2, 0.25) is 0 Å². The molecule has 1 aliphatic carbocycles. The highest BCUT2D eigenvalue weighted by molar-refractivity contribution is 9.10. The van der Waals surface area contributed by atoms with Crippen molar-refractivity contribution in [1.29, 1.82) is 0 Å². The zero-order valence-corrected chi connectivity index (χ0v) is 19.7. The molecule has 7 nitrogen and oxygen atoms in total. The molecular weight excluding hydrogens is 478 g/mol. The Morgan fingerprint density at radius 1 is 1.03 bits per heavy atom. The van der Waals surface area contributed by atoms with Crippen molar-refractivity contribution in [3.63, 3.8) is 0 Å². The summed E-state index contributed by atoms with van der Waals surface area (Å²) in [6.07, 6.45) is 4.99. The van der Waals surface area contributed by atoms with Crippen LogP contribution in [0.5, 0.6) is 0 Å². The van der Waals surface area contributed by atoms with E-state index in [1.54, 1.807) is 6.20 Å². The molecule has 168 valence electrons. The Morgan fingerprint density at radius 3 is 2.33 bits per heavy atom. The van der Waals surface area contributed by atoms with Gasteiger partial charge in [-0.1, -0.05) is 60.7 Å². The van der Waals surface area contributed by atoms with Gasteiger partial charge in [0, 0.05) is 30.6 Å². The molecule has 0 aliphatic heterocycles. The van der Waals surface area contributed by atoms with E-state index in [0.29, 0.717) is 29.4 Å². The summed E-state index contributed by atoms with van der Waals surface area (Å²) in [4.78, 5) is 10.5. The number of hydrogen-bond donors (Lipinski definition) is 3. The van der Waals surface area contributed by atoms with Gasteiger partial charge in [0.25, 0.3) is 0 Å². The third kappa shape index (κ3) is 5.17. The Labute approximate surface area is 201 Å². The van der Waals surface area contributed by atoms with E-state index in [2.05, 4.69) is 102 Å². The fourth-order valence-corrected chi connectivity index (χ4v) is 4.33. The van der Waals surface area contributed by atoms with E-state index in [1.165, 1.54) is 28.8 Å². The molecule has 33 heavy (non-hydrogen) atoms. The zero-order valence-electron chi connectivity index (χ0n) is 18.2. The second kappa shape index (κ2) is 9.62. The number of nitrogens with zero attached hydrogens (tertiary/aromatic N) is 4. The van der Waals surface area contributed by atoms with Crippen molar-refractivity contribution in [2.75, 3.05) is 23.0 Å². The van der Waals surface area contributed by atoms with Crippen molar-refractivity contribution in [2.45, 2.75) is 31.1 Å². The van der Waals surface area contributed by atoms with Gasteiger partial charge in [0.1, 0.15) is 0 Å². The van der Waals surface area contributed by atoms with Crippen molar-refractivity contribution in [1.82, 2.24) is 19.9 Å². The number of hydrogen-bond acceptors (Lipinski definition) is 6. The molecule has 1 saturated carbocycles. The Bertz CT molecular complexity index is 1170. The monoisotopic (exact) mass is 503 g/mol. The van der Waals surface area contributed by atoms with E-state index in [0.717, 1.165) is 23.1 Å². The van der Waals surface area contributed by atoms with E-state index in [4.69, 9.17) is 5.84 Å². The smallest absolute Gasteiger partial charge is 0.224 e. The molecule has 0 atom stereocenters. The molecule has 5 rings (SSSR count). The molecule has 1 aliphatic rings. The number of aromatic nitrogens is 4. The van der Waals surface area contributed by atoms with Crippen molar-refractivity contribution in [3.8, 4) is 0 Å². The van der Waals surface area contributed by atoms with Crippen LogP contribution in [0, 0.1) is 0 Å². The average Bonchev–Trinajstić information content (AvgIpc) is 3.62.